The van der Waals surface area contributed by atoms with Crippen LogP contribution in [0.5, 0.6) is 11.5 Å². The van der Waals surface area contributed by atoms with E-state index in [1.807, 2.05) is 13.0 Å². The Bertz CT molecular complexity index is 658. The fourth-order valence-electron chi connectivity index (χ4n) is 1.75. The Morgan fingerprint density at radius 1 is 1.30 bits per heavy atom. The number of hydrogen-bond acceptors (Lipinski definition) is 4. The maximum Gasteiger partial charge on any atom is 0.275 e. The van der Waals surface area contributed by atoms with Crippen molar-refractivity contribution < 1.29 is 14.8 Å². The monoisotopic (exact) mass is 293 g/mol. The number of rotatable bonds is 4. The van der Waals surface area contributed by atoms with Crippen LogP contribution in [0.25, 0.3) is 0 Å². The molecule has 0 aliphatic carbocycles. The van der Waals surface area contributed by atoms with E-state index in [0.717, 1.165) is 5.56 Å². The Balaban J connectivity index is 2.34. The summed E-state index contributed by atoms with van der Waals surface area (Å²) in [6.07, 6.45) is 0. The van der Waals surface area contributed by atoms with E-state index in [1.54, 1.807) is 12.1 Å². The summed E-state index contributed by atoms with van der Waals surface area (Å²) in [7, 11) is 0. The molecule has 0 aromatic heterocycles. The number of nitro groups is 1. The molecule has 1 N–H and O–H groups in total. The third kappa shape index (κ3) is 3.07. The van der Waals surface area contributed by atoms with Crippen LogP contribution in [0.1, 0.15) is 11.1 Å². The van der Waals surface area contributed by atoms with Gasteiger partial charge in [0.05, 0.1) is 22.1 Å². The Morgan fingerprint density at radius 3 is 2.70 bits per heavy atom. The molecular formula is C14H12ClNO4. The first-order chi connectivity index (χ1) is 9.51. The minimum absolute atomic E-state index is 0.143. The topological polar surface area (TPSA) is 72.6 Å². The first-order valence-electron chi connectivity index (χ1n) is 5.83. The molecule has 0 radical (unpaired) electrons. The number of nitro benzene ring substituents is 1. The van der Waals surface area contributed by atoms with Gasteiger partial charge in [0.25, 0.3) is 5.69 Å². The van der Waals surface area contributed by atoms with Gasteiger partial charge in [-0.3, -0.25) is 10.1 Å². The number of aliphatic hydroxyl groups is 1. The van der Waals surface area contributed by atoms with Crippen molar-refractivity contribution in [3.63, 3.8) is 0 Å². The first-order valence-corrected chi connectivity index (χ1v) is 6.21. The van der Waals surface area contributed by atoms with Gasteiger partial charge in [-0.1, -0.05) is 17.7 Å². The van der Waals surface area contributed by atoms with E-state index in [9.17, 15) is 15.2 Å². The number of halogens is 1. The summed E-state index contributed by atoms with van der Waals surface area (Å²) in [4.78, 5) is 10.2. The minimum Gasteiger partial charge on any atom is -0.456 e. The van der Waals surface area contributed by atoms with Crippen molar-refractivity contribution in [2.45, 2.75) is 13.5 Å². The maximum absolute atomic E-state index is 10.8. The molecule has 0 bridgehead atoms. The molecule has 0 unspecified atom stereocenters. The van der Waals surface area contributed by atoms with Crippen molar-refractivity contribution in [2.24, 2.45) is 0 Å². The summed E-state index contributed by atoms with van der Waals surface area (Å²) in [6.45, 7) is 1.47. The molecule has 0 spiro atoms. The Labute approximate surface area is 120 Å². The third-order valence-electron chi connectivity index (χ3n) is 2.73. The van der Waals surface area contributed by atoms with E-state index >= 15 is 0 Å². The van der Waals surface area contributed by atoms with E-state index in [4.69, 9.17) is 16.3 Å². The van der Waals surface area contributed by atoms with Gasteiger partial charge in [0.1, 0.15) is 11.5 Å². The average molecular weight is 294 g/mol. The molecule has 0 heterocycles. The van der Waals surface area contributed by atoms with Gasteiger partial charge in [-0.2, -0.15) is 0 Å². The largest absolute Gasteiger partial charge is 0.456 e. The normalized spacial score (nSPS) is 10.3. The fourth-order valence-corrected chi connectivity index (χ4v) is 1.90. The van der Waals surface area contributed by atoms with E-state index in [-0.39, 0.29) is 11.3 Å². The van der Waals surface area contributed by atoms with Crippen LogP contribution in [0.4, 0.5) is 5.69 Å². The second-order valence-corrected chi connectivity index (χ2v) is 4.65. The molecule has 2 aromatic carbocycles. The summed E-state index contributed by atoms with van der Waals surface area (Å²) in [6, 6.07) is 9.52. The molecule has 0 atom stereocenters. The number of ether oxygens (including phenoxy) is 1. The van der Waals surface area contributed by atoms with Crippen LogP contribution < -0.4 is 4.74 Å². The number of hydrogen-bond donors (Lipinski definition) is 1. The van der Waals surface area contributed by atoms with Crippen LogP contribution in [0.2, 0.25) is 5.02 Å². The predicted molar refractivity (Wildman–Crippen MR) is 75.3 cm³/mol. The summed E-state index contributed by atoms with van der Waals surface area (Å²) in [5.41, 5.74) is 1.03. The van der Waals surface area contributed by atoms with Crippen molar-refractivity contribution in [1.82, 2.24) is 0 Å². The van der Waals surface area contributed by atoms with Crippen LogP contribution in [-0.2, 0) is 6.61 Å². The highest BCUT2D eigenvalue weighted by Gasteiger charge is 2.14. The molecule has 0 aliphatic rings. The van der Waals surface area contributed by atoms with Crippen LogP contribution >= 0.6 is 11.6 Å². The molecule has 0 saturated heterocycles. The van der Waals surface area contributed by atoms with Gasteiger partial charge < -0.3 is 9.84 Å². The van der Waals surface area contributed by atoms with Gasteiger partial charge in [-0.05, 0) is 36.8 Å². The average Bonchev–Trinajstić information content (AvgIpc) is 2.42. The van der Waals surface area contributed by atoms with Crippen molar-refractivity contribution in [2.75, 3.05) is 0 Å². The third-order valence-corrected chi connectivity index (χ3v) is 3.04. The molecule has 0 amide bonds. The smallest absolute Gasteiger partial charge is 0.275 e. The highest BCUT2D eigenvalue weighted by molar-refractivity contribution is 6.32. The van der Waals surface area contributed by atoms with Gasteiger partial charge in [0, 0.05) is 6.07 Å². The zero-order valence-corrected chi connectivity index (χ0v) is 11.4. The molecule has 2 rings (SSSR count). The zero-order valence-electron chi connectivity index (χ0n) is 10.7. The number of nitrogens with zero attached hydrogens (tertiary/aromatic N) is 1. The van der Waals surface area contributed by atoms with Crippen LogP contribution in [-0.4, -0.2) is 10.0 Å². The van der Waals surface area contributed by atoms with Crippen LogP contribution in [0.3, 0.4) is 0 Å². The van der Waals surface area contributed by atoms with Gasteiger partial charge in [0.15, 0.2) is 0 Å². The lowest BCUT2D eigenvalue weighted by Crippen LogP contribution is -1.96. The summed E-state index contributed by atoms with van der Waals surface area (Å²) >= 11 is 6.02. The summed E-state index contributed by atoms with van der Waals surface area (Å²) in [5.74, 6) is 0.844. The molecule has 20 heavy (non-hydrogen) atoms. The molecule has 0 saturated carbocycles. The SMILES string of the molecule is Cc1ccc(Cl)c(Oc2ccc([N+](=O)[O-])c(CO)c2)c1. The van der Waals surface area contributed by atoms with Crippen LogP contribution in [0.15, 0.2) is 36.4 Å². The first kappa shape index (κ1) is 14.3. The quantitative estimate of drug-likeness (QED) is 0.686. The van der Waals surface area contributed by atoms with Crippen LogP contribution in [0, 0.1) is 17.0 Å². The molecule has 0 fully saturated rings. The molecule has 5 nitrogen and oxygen atoms in total. The van der Waals surface area contributed by atoms with Gasteiger partial charge in [-0.25, -0.2) is 0 Å². The van der Waals surface area contributed by atoms with Crippen molar-refractivity contribution >= 4 is 17.3 Å². The van der Waals surface area contributed by atoms with Crippen molar-refractivity contribution in [3.05, 3.63) is 62.7 Å². The van der Waals surface area contributed by atoms with E-state index in [1.165, 1.54) is 18.2 Å². The molecule has 2 aromatic rings. The van der Waals surface area contributed by atoms with Gasteiger partial charge in [-0.15, -0.1) is 0 Å². The van der Waals surface area contributed by atoms with E-state index in [2.05, 4.69) is 0 Å². The molecular weight excluding hydrogens is 282 g/mol. The van der Waals surface area contributed by atoms with E-state index < -0.39 is 11.5 Å². The van der Waals surface area contributed by atoms with Gasteiger partial charge in [0.2, 0.25) is 0 Å². The molecule has 6 heteroatoms. The standard InChI is InChI=1S/C14H12ClNO4/c1-9-2-4-12(15)14(6-9)20-11-3-5-13(16(18)19)10(7-11)8-17/h2-7,17H,8H2,1H3. The molecule has 0 aliphatic heterocycles. The van der Waals surface area contributed by atoms with Crippen molar-refractivity contribution in [3.8, 4) is 11.5 Å². The minimum atomic E-state index is -0.547. The second-order valence-electron chi connectivity index (χ2n) is 4.24. The lowest BCUT2D eigenvalue weighted by molar-refractivity contribution is -0.385. The van der Waals surface area contributed by atoms with Gasteiger partial charge >= 0.3 is 0 Å². The highest BCUT2D eigenvalue weighted by Crippen LogP contribution is 2.32. The lowest BCUT2D eigenvalue weighted by Gasteiger charge is -2.09. The Kier molecular flexibility index (Phi) is 4.22. The Morgan fingerprint density at radius 2 is 2.05 bits per heavy atom. The number of benzene rings is 2. The highest BCUT2D eigenvalue weighted by atomic mass is 35.5. The maximum atomic E-state index is 10.8. The second kappa shape index (κ2) is 5.90. The summed E-state index contributed by atoms with van der Waals surface area (Å²) < 4.78 is 5.60. The molecule has 104 valence electrons. The number of aryl methyl sites for hydroxylation is 1. The number of aliphatic hydroxyl groups excluding tert-OH is 1. The van der Waals surface area contributed by atoms with Crippen molar-refractivity contribution in [1.29, 1.82) is 0 Å². The van der Waals surface area contributed by atoms with E-state index in [0.29, 0.717) is 16.5 Å². The predicted octanol–water partition coefficient (Wildman–Crippen LogP) is 3.84. The zero-order chi connectivity index (χ0) is 14.7. The fraction of sp³-hybridized carbons (Fsp3) is 0.143. The summed E-state index contributed by atoms with van der Waals surface area (Å²) in [5, 5.41) is 20.4. The lowest BCUT2D eigenvalue weighted by atomic mass is 10.2. The Hall–Kier alpha value is -2.11.